The predicted molar refractivity (Wildman–Crippen MR) is 103 cm³/mol. The first-order valence-corrected chi connectivity index (χ1v) is 9.29. The van der Waals surface area contributed by atoms with E-state index in [1.165, 1.54) is 0 Å². The summed E-state index contributed by atoms with van der Waals surface area (Å²) in [6.45, 7) is 2.14. The maximum absolute atomic E-state index is 12.1. The highest BCUT2D eigenvalue weighted by molar-refractivity contribution is 5.83. The molecule has 0 radical (unpaired) electrons. The zero-order valence-corrected chi connectivity index (χ0v) is 15.4. The van der Waals surface area contributed by atoms with E-state index in [-0.39, 0.29) is 12.2 Å². The van der Waals surface area contributed by atoms with Gasteiger partial charge in [0.2, 0.25) is 5.82 Å². The zero-order valence-electron chi connectivity index (χ0n) is 15.4. The van der Waals surface area contributed by atoms with Crippen LogP contribution in [-0.4, -0.2) is 10.1 Å². The summed E-state index contributed by atoms with van der Waals surface area (Å²) in [5, 5.41) is 5.02. The van der Waals surface area contributed by atoms with E-state index in [4.69, 9.17) is 13.7 Å². The molecule has 0 amide bonds. The molecule has 140 valence electrons. The van der Waals surface area contributed by atoms with Crippen molar-refractivity contribution < 1.29 is 13.7 Å². The fourth-order valence-corrected chi connectivity index (χ4v) is 3.75. The summed E-state index contributed by atoms with van der Waals surface area (Å²) in [5.74, 6) is 1.51. The fourth-order valence-electron chi connectivity index (χ4n) is 3.75. The summed E-state index contributed by atoms with van der Waals surface area (Å²) in [6.07, 6.45) is 2.71. The minimum absolute atomic E-state index is 0.138. The van der Waals surface area contributed by atoms with Crippen molar-refractivity contribution in [2.45, 2.75) is 32.8 Å². The summed E-state index contributed by atoms with van der Waals surface area (Å²) in [7, 11) is 0. The topological polar surface area (TPSA) is 78.4 Å². The Morgan fingerprint density at radius 1 is 1.11 bits per heavy atom. The van der Waals surface area contributed by atoms with E-state index < -0.39 is 0 Å². The molecule has 0 saturated carbocycles. The number of hydrogen-bond acceptors (Lipinski definition) is 6. The monoisotopic (exact) mass is 374 g/mol. The summed E-state index contributed by atoms with van der Waals surface area (Å²) < 4.78 is 16.6. The van der Waals surface area contributed by atoms with Gasteiger partial charge in [-0.3, -0.25) is 0 Å². The third-order valence-electron chi connectivity index (χ3n) is 5.16. The van der Waals surface area contributed by atoms with Gasteiger partial charge in [0.25, 0.3) is 5.89 Å². The molecule has 0 bridgehead atoms. The number of aryl methyl sites for hydroxylation is 2. The Kier molecular flexibility index (Phi) is 3.97. The quantitative estimate of drug-likeness (QED) is 0.498. The van der Waals surface area contributed by atoms with Crippen LogP contribution < -0.4 is 10.4 Å². The van der Waals surface area contributed by atoms with E-state index in [1.807, 2.05) is 43.3 Å². The molecule has 4 aromatic rings. The summed E-state index contributed by atoms with van der Waals surface area (Å²) in [6, 6.07) is 13.4. The molecule has 0 atom stereocenters. The molecule has 6 nitrogen and oxygen atoms in total. The number of benzene rings is 2. The van der Waals surface area contributed by atoms with Gasteiger partial charge in [0, 0.05) is 22.6 Å². The summed E-state index contributed by atoms with van der Waals surface area (Å²) in [4.78, 5) is 16.5. The lowest BCUT2D eigenvalue weighted by molar-refractivity contribution is 0.243. The van der Waals surface area contributed by atoms with E-state index in [9.17, 15) is 4.79 Å². The molecular formula is C22H18N2O4. The number of rotatable bonds is 4. The van der Waals surface area contributed by atoms with Gasteiger partial charge in [0.1, 0.15) is 11.3 Å². The van der Waals surface area contributed by atoms with Crippen LogP contribution in [0.3, 0.4) is 0 Å². The molecular weight excluding hydrogens is 356 g/mol. The zero-order chi connectivity index (χ0) is 19.1. The van der Waals surface area contributed by atoms with Crippen molar-refractivity contribution in [3.8, 4) is 17.1 Å². The molecule has 2 heterocycles. The fraction of sp³-hybridized carbons (Fsp3) is 0.227. The average Bonchev–Trinajstić information content (AvgIpc) is 3.37. The van der Waals surface area contributed by atoms with Gasteiger partial charge in [-0.2, -0.15) is 4.98 Å². The van der Waals surface area contributed by atoms with Gasteiger partial charge in [-0.1, -0.05) is 29.4 Å². The van der Waals surface area contributed by atoms with Gasteiger partial charge in [-0.05, 0) is 49.4 Å². The van der Waals surface area contributed by atoms with Crippen molar-refractivity contribution in [1.82, 2.24) is 10.1 Å². The van der Waals surface area contributed by atoms with Crippen LogP contribution in [0.1, 0.15) is 29.0 Å². The van der Waals surface area contributed by atoms with Gasteiger partial charge in [0.15, 0.2) is 6.61 Å². The van der Waals surface area contributed by atoms with Crippen molar-refractivity contribution in [2.24, 2.45) is 0 Å². The Hall–Kier alpha value is -3.41. The SMILES string of the molecule is Cc1ccccc1-c1noc(COc2ccc3c4c(c(=O)oc3c2)CCC4)n1. The van der Waals surface area contributed by atoms with Gasteiger partial charge in [0.05, 0.1) is 0 Å². The van der Waals surface area contributed by atoms with Crippen molar-refractivity contribution in [3.05, 3.63) is 75.5 Å². The second-order valence-corrected chi connectivity index (χ2v) is 6.97. The molecule has 0 saturated heterocycles. The van der Waals surface area contributed by atoms with Crippen molar-refractivity contribution in [3.63, 3.8) is 0 Å². The standard InChI is InChI=1S/C22H18N2O4/c1-13-5-2-3-6-15(13)21-23-20(28-24-21)12-26-14-9-10-17-16-7-4-8-18(16)22(25)27-19(17)11-14/h2-3,5-6,9-11H,4,7-8,12H2,1H3. The van der Waals surface area contributed by atoms with Crippen molar-refractivity contribution in [2.75, 3.05) is 0 Å². The molecule has 0 unspecified atom stereocenters. The summed E-state index contributed by atoms with van der Waals surface area (Å²) >= 11 is 0. The lowest BCUT2D eigenvalue weighted by Gasteiger charge is -2.07. The molecule has 1 aliphatic carbocycles. The minimum Gasteiger partial charge on any atom is -0.484 e. The lowest BCUT2D eigenvalue weighted by atomic mass is 10.1. The Morgan fingerprint density at radius 2 is 1.96 bits per heavy atom. The second kappa shape index (κ2) is 6.64. The maximum atomic E-state index is 12.1. The Labute approximate surface area is 160 Å². The smallest absolute Gasteiger partial charge is 0.339 e. The molecule has 0 N–H and O–H groups in total. The third kappa shape index (κ3) is 2.87. The first-order chi connectivity index (χ1) is 13.7. The van der Waals surface area contributed by atoms with E-state index in [0.717, 1.165) is 46.9 Å². The summed E-state index contributed by atoms with van der Waals surface area (Å²) in [5.41, 5.74) is 4.24. The number of fused-ring (bicyclic) bond motifs is 3. The molecule has 0 spiro atoms. The van der Waals surface area contributed by atoms with Gasteiger partial charge < -0.3 is 13.7 Å². The predicted octanol–water partition coefficient (Wildman–Crippen LogP) is 4.22. The Balaban J connectivity index is 1.37. The molecule has 0 fully saturated rings. The van der Waals surface area contributed by atoms with Crippen molar-refractivity contribution in [1.29, 1.82) is 0 Å². The van der Waals surface area contributed by atoms with Crippen LogP contribution >= 0.6 is 0 Å². The van der Waals surface area contributed by atoms with Crippen LogP contribution in [-0.2, 0) is 19.4 Å². The van der Waals surface area contributed by atoms with Crippen molar-refractivity contribution >= 4 is 11.0 Å². The molecule has 2 aromatic carbocycles. The molecule has 6 heteroatoms. The van der Waals surface area contributed by atoms with Crippen LogP contribution in [0.5, 0.6) is 5.75 Å². The Bertz CT molecular complexity index is 1240. The average molecular weight is 374 g/mol. The number of ether oxygens (including phenoxy) is 1. The molecule has 5 rings (SSSR count). The number of aromatic nitrogens is 2. The minimum atomic E-state index is -0.239. The Morgan fingerprint density at radius 3 is 2.86 bits per heavy atom. The largest absolute Gasteiger partial charge is 0.484 e. The van der Waals surface area contributed by atoms with Crippen LogP contribution in [0.2, 0.25) is 0 Å². The lowest BCUT2D eigenvalue weighted by Crippen LogP contribution is -2.06. The third-order valence-corrected chi connectivity index (χ3v) is 5.16. The first-order valence-electron chi connectivity index (χ1n) is 9.29. The molecule has 28 heavy (non-hydrogen) atoms. The van der Waals surface area contributed by atoms with Gasteiger partial charge in [-0.25, -0.2) is 4.79 Å². The van der Waals surface area contributed by atoms with Crippen LogP contribution in [0, 0.1) is 6.92 Å². The second-order valence-electron chi connectivity index (χ2n) is 6.97. The first kappa shape index (κ1) is 16.7. The normalized spacial score (nSPS) is 13.0. The highest BCUT2D eigenvalue weighted by Gasteiger charge is 2.19. The van der Waals surface area contributed by atoms with E-state index >= 15 is 0 Å². The highest BCUT2D eigenvalue weighted by Crippen LogP contribution is 2.30. The van der Waals surface area contributed by atoms with Crippen LogP contribution in [0.15, 0.2) is 56.2 Å². The van der Waals surface area contributed by atoms with Crippen LogP contribution in [0.4, 0.5) is 0 Å². The van der Waals surface area contributed by atoms with E-state index in [2.05, 4.69) is 10.1 Å². The highest BCUT2D eigenvalue weighted by atomic mass is 16.5. The van der Waals surface area contributed by atoms with Gasteiger partial charge >= 0.3 is 5.63 Å². The van der Waals surface area contributed by atoms with E-state index in [0.29, 0.717) is 23.0 Å². The van der Waals surface area contributed by atoms with Crippen LogP contribution in [0.25, 0.3) is 22.4 Å². The maximum Gasteiger partial charge on any atom is 0.339 e. The molecule has 2 aromatic heterocycles. The van der Waals surface area contributed by atoms with Gasteiger partial charge in [-0.15, -0.1) is 0 Å². The van der Waals surface area contributed by atoms with E-state index in [1.54, 1.807) is 6.07 Å². The number of hydrogen-bond donors (Lipinski definition) is 0. The molecule has 0 aliphatic heterocycles. The molecule has 1 aliphatic rings. The number of nitrogens with zero attached hydrogens (tertiary/aromatic N) is 2.